The zero-order valence-electron chi connectivity index (χ0n) is 19.0. The topological polar surface area (TPSA) is 71.3 Å². The van der Waals surface area contributed by atoms with Crippen molar-refractivity contribution < 1.29 is 9.32 Å². The number of amides is 2. The molecule has 0 spiro atoms. The molecule has 4 aromatic rings. The van der Waals surface area contributed by atoms with E-state index in [0.29, 0.717) is 16.7 Å². The van der Waals surface area contributed by atoms with Crippen LogP contribution in [0, 0.1) is 13.8 Å². The summed E-state index contributed by atoms with van der Waals surface area (Å²) in [5, 5.41) is 7.97. The summed E-state index contributed by atoms with van der Waals surface area (Å²) in [6.45, 7) is 5.99. The summed E-state index contributed by atoms with van der Waals surface area (Å²) in [5.74, 6) is 0.804. The number of halogens is 1. The summed E-state index contributed by atoms with van der Waals surface area (Å²) in [4.78, 5) is 19.7. The van der Waals surface area contributed by atoms with Gasteiger partial charge in [0.25, 0.3) is 5.89 Å². The number of aromatic nitrogens is 2. The van der Waals surface area contributed by atoms with E-state index < -0.39 is 6.04 Å². The van der Waals surface area contributed by atoms with Gasteiger partial charge in [-0.1, -0.05) is 53.2 Å². The fourth-order valence-electron chi connectivity index (χ4n) is 4.14. The van der Waals surface area contributed by atoms with Crippen LogP contribution in [0.3, 0.4) is 0 Å². The number of carbonyl (C=O) groups excluding carboxylic acids is 1. The first kappa shape index (κ1) is 21.9. The molecule has 0 radical (unpaired) electrons. The van der Waals surface area contributed by atoms with Crippen molar-refractivity contribution in [1.82, 2.24) is 15.5 Å². The molecule has 6 nitrogen and oxygen atoms in total. The van der Waals surface area contributed by atoms with Crippen LogP contribution in [0.5, 0.6) is 0 Å². The van der Waals surface area contributed by atoms with Crippen LogP contribution in [0.25, 0.3) is 17.0 Å². The molecule has 0 aliphatic carbocycles. The molecule has 0 saturated carbocycles. The predicted octanol–water partition coefficient (Wildman–Crippen LogP) is 6.71. The van der Waals surface area contributed by atoms with Crippen molar-refractivity contribution in [3.63, 3.8) is 0 Å². The molecule has 1 aliphatic rings. The number of carbonyl (C=O) groups is 1. The Labute approximate surface area is 202 Å². The van der Waals surface area contributed by atoms with E-state index in [-0.39, 0.29) is 6.03 Å². The fourth-order valence-corrected chi connectivity index (χ4v) is 4.27. The lowest BCUT2D eigenvalue weighted by atomic mass is 9.94. The summed E-state index contributed by atoms with van der Waals surface area (Å²) in [6.07, 6.45) is 0. The Morgan fingerprint density at radius 3 is 2.38 bits per heavy atom. The Bertz CT molecular complexity index is 1390. The van der Waals surface area contributed by atoms with Crippen molar-refractivity contribution >= 4 is 28.9 Å². The molecule has 7 heteroatoms. The molecule has 0 bridgehead atoms. The lowest BCUT2D eigenvalue weighted by molar-refractivity contribution is 0.244. The molecule has 1 N–H and O–H groups in total. The minimum absolute atomic E-state index is 0.212. The van der Waals surface area contributed by atoms with Crippen LogP contribution in [-0.2, 0) is 0 Å². The standard InChI is InChI=1S/C27H23ClN4O2/c1-16-9-14-22(15-17(16)2)32-18(3)23(24(29-27(32)33)19-7-5-4-6-8-19)26-30-25(31-34-26)20-10-12-21(28)13-11-20/h4-15,24H,1-3H3,(H,29,33). The third-order valence-corrected chi connectivity index (χ3v) is 6.38. The molecular formula is C27H23ClN4O2. The Morgan fingerprint density at radius 1 is 0.941 bits per heavy atom. The zero-order valence-corrected chi connectivity index (χ0v) is 19.8. The van der Waals surface area contributed by atoms with Gasteiger partial charge in [-0.25, -0.2) is 4.79 Å². The molecule has 170 valence electrons. The highest BCUT2D eigenvalue weighted by Crippen LogP contribution is 2.39. The van der Waals surface area contributed by atoms with E-state index in [1.807, 2.05) is 81.4 Å². The van der Waals surface area contributed by atoms with E-state index >= 15 is 0 Å². The van der Waals surface area contributed by atoms with Gasteiger partial charge >= 0.3 is 6.03 Å². The Morgan fingerprint density at radius 2 is 1.68 bits per heavy atom. The van der Waals surface area contributed by atoms with E-state index in [1.165, 1.54) is 0 Å². The van der Waals surface area contributed by atoms with Gasteiger partial charge in [-0.15, -0.1) is 0 Å². The lowest BCUT2D eigenvalue weighted by Crippen LogP contribution is -2.46. The highest BCUT2D eigenvalue weighted by Gasteiger charge is 2.36. The summed E-state index contributed by atoms with van der Waals surface area (Å²) in [6, 6.07) is 22.3. The lowest BCUT2D eigenvalue weighted by Gasteiger charge is -2.35. The van der Waals surface area contributed by atoms with Gasteiger partial charge in [0.05, 0.1) is 17.3 Å². The largest absolute Gasteiger partial charge is 0.334 e. The van der Waals surface area contributed by atoms with Crippen molar-refractivity contribution in [2.45, 2.75) is 26.8 Å². The molecular weight excluding hydrogens is 448 g/mol. The van der Waals surface area contributed by atoms with Crippen LogP contribution in [-0.4, -0.2) is 16.2 Å². The number of anilines is 1. The van der Waals surface area contributed by atoms with Gasteiger partial charge in [-0.3, -0.25) is 4.90 Å². The molecule has 2 heterocycles. The number of aryl methyl sites for hydroxylation is 2. The molecule has 1 unspecified atom stereocenters. The first-order chi connectivity index (χ1) is 16.4. The number of hydrogen-bond acceptors (Lipinski definition) is 4. The summed E-state index contributed by atoms with van der Waals surface area (Å²) >= 11 is 6.02. The molecule has 5 rings (SSSR count). The van der Waals surface area contributed by atoms with Crippen molar-refractivity contribution in [1.29, 1.82) is 0 Å². The number of rotatable bonds is 4. The second kappa shape index (κ2) is 8.80. The summed E-state index contributed by atoms with van der Waals surface area (Å²) in [7, 11) is 0. The van der Waals surface area contributed by atoms with Crippen LogP contribution in [0.15, 0.2) is 83.0 Å². The van der Waals surface area contributed by atoms with Gasteiger partial charge < -0.3 is 9.84 Å². The van der Waals surface area contributed by atoms with E-state index in [1.54, 1.807) is 17.0 Å². The molecule has 1 aliphatic heterocycles. The maximum Gasteiger partial charge on any atom is 0.326 e. The minimum Gasteiger partial charge on any atom is -0.334 e. The van der Waals surface area contributed by atoms with Gasteiger partial charge in [-0.05, 0) is 73.9 Å². The third kappa shape index (κ3) is 3.97. The van der Waals surface area contributed by atoms with Crippen LogP contribution >= 0.6 is 11.6 Å². The van der Waals surface area contributed by atoms with Crippen LogP contribution in [0.2, 0.25) is 5.02 Å². The van der Waals surface area contributed by atoms with Gasteiger partial charge in [0.2, 0.25) is 5.82 Å². The van der Waals surface area contributed by atoms with Crippen molar-refractivity contribution in [3.05, 3.63) is 106 Å². The number of urea groups is 1. The Kier molecular flexibility index (Phi) is 5.67. The smallest absolute Gasteiger partial charge is 0.326 e. The third-order valence-electron chi connectivity index (χ3n) is 6.13. The van der Waals surface area contributed by atoms with Crippen molar-refractivity contribution in [3.8, 4) is 11.4 Å². The van der Waals surface area contributed by atoms with Gasteiger partial charge in [0.15, 0.2) is 0 Å². The number of benzene rings is 3. The average molecular weight is 471 g/mol. The fraction of sp³-hybridized carbons (Fsp3) is 0.148. The number of nitrogens with zero attached hydrogens (tertiary/aromatic N) is 3. The van der Waals surface area contributed by atoms with E-state index in [0.717, 1.165) is 39.2 Å². The molecule has 3 aromatic carbocycles. The molecule has 1 aromatic heterocycles. The minimum atomic E-state index is -0.435. The quantitative estimate of drug-likeness (QED) is 0.360. The second-order valence-electron chi connectivity index (χ2n) is 8.33. The Hall–Kier alpha value is -3.90. The highest BCUT2D eigenvalue weighted by molar-refractivity contribution is 6.30. The second-order valence-corrected chi connectivity index (χ2v) is 8.76. The van der Waals surface area contributed by atoms with E-state index in [4.69, 9.17) is 16.1 Å². The van der Waals surface area contributed by atoms with Crippen molar-refractivity contribution in [2.24, 2.45) is 0 Å². The highest BCUT2D eigenvalue weighted by atomic mass is 35.5. The first-order valence-corrected chi connectivity index (χ1v) is 11.3. The predicted molar refractivity (Wildman–Crippen MR) is 133 cm³/mol. The van der Waals surface area contributed by atoms with Gasteiger partial charge in [-0.2, -0.15) is 4.98 Å². The maximum absolute atomic E-state index is 13.3. The molecule has 34 heavy (non-hydrogen) atoms. The van der Waals surface area contributed by atoms with E-state index in [9.17, 15) is 4.79 Å². The number of hydrogen-bond donors (Lipinski definition) is 1. The maximum atomic E-state index is 13.3. The summed E-state index contributed by atoms with van der Waals surface area (Å²) < 4.78 is 5.74. The van der Waals surface area contributed by atoms with Crippen molar-refractivity contribution in [2.75, 3.05) is 4.90 Å². The van der Waals surface area contributed by atoms with Crippen LogP contribution < -0.4 is 10.2 Å². The molecule has 2 amide bonds. The number of allylic oxidation sites excluding steroid dienone is 1. The first-order valence-electron chi connectivity index (χ1n) is 11.0. The SMILES string of the molecule is CC1=C(c2nc(-c3ccc(Cl)cc3)no2)C(c2ccccc2)NC(=O)N1c1ccc(C)c(C)c1. The average Bonchev–Trinajstić information content (AvgIpc) is 3.31. The van der Waals surface area contributed by atoms with Crippen LogP contribution in [0.1, 0.15) is 35.5 Å². The normalized spacial score (nSPS) is 16.1. The van der Waals surface area contributed by atoms with Gasteiger partial charge in [0, 0.05) is 16.3 Å². The number of nitrogens with one attached hydrogen (secondary N) is 1. The molecule has 1 atom stereocenters. The molecule has 0 saturated heterocycles. The zero-order chi connectivity index (χ0) is 23.8. The van der Waals surface area contributed by atoms with Crippen LogP contribution in [0.4, 0.5) is 10.5 Å². The Balaban J connectivity index is 1.65. The van der Waals surface area contributed by atoms with E-state index in [2.05, 4.69) is 15.5 Å². The molecule has 0 fully saturated rings. The monoisotopic (exact) mass is 470 g/mol. The summed E-state index contributed by atoms with van der Waals surface area (Å²) in [5.41, 5.74) is 6.24. The van der Waals surface area contributed by atoms with Gasteiger partial charge in [0.1, 0.15) is 0 Å².